The van der Waals surface area contributed by atoms with Crippen LogP contribution in [0.1, 0.15) is 29.8 Å². The van der Waals surface area contributed by atoms with Gasteiger partial charge >= 0.3 is 0 Å². The van der Waals surface area contributed by atoms with Crippen molar-refractivity contribution < 1.29 is 9.50 Å². The first-order valence-electron chi connectivity index (χ1n) is 6.15. The molecule has 0 amide bonds. The van der Waals surface area contributed by atoms with Gasteiger partial charge in [0.1, 0.15) is 11.6 Å². The van der Waals surface area contributed by atoms with Gasteiger partial charge in [-0.05, 0) is 56.2 Å². The molecule has 0 fully saturated rings. The van der Waals surface area contributed by atoms with Crippen LogP contribution < -0.4 is 5.32 Å². The van der Waals surface area contributed by atoms with E-state index in [1.54, 1.807) is 12.1 Å². The topological polar surface area (TPSA) is 45.2 Å². The summed E-state index contributed by atoms with van der Waals surface area (Å²) in [6, 6.07) is 6.64. The molecule has 0 spiro atoms. The maximum atomic E-state index is 12.8. The van der Waals surface area contributed by atoms with Crippen LogP contribution in [-0.2, 0) is 0 Å². The van der Waals surface area contributed by atoms with Crippen molar-refractivity contribution >= 4 is 5.69 Å². The largest absolute Gasteiger partial charge is 0.508 e. The fraction of sp³-hybridized carbons (Fsp3) is 0.267. The third-order valence-corrected chi connectivity index (χ3v) is 3.11. The van der Waals surface area contributed by atoms with Gasteiger partial charge in [0.25, 0.3) is 0 Å². The zero-order valence-electron chi connectivity index (χ0n) is 11.2. The molecule has 1 atom stereocenters. The molecule has 2 N–H and O–H groups in total. The molecular formula is C15H17FN2O. The second-order valence-electron chi connectivity index (χ2n) is 4.72. The van der Waals surface area contributed by atoms with Gasteiger partial charge in [0, 0.05) is 5.69 Å². The first-order valence-corrected chi connectivity index (χ1v) is 6.15. The third kappa shape index (κ3) is 3.02. The molecular weight excluding hydrogens is 243 g/mol. The lowest BCUT2D eigenvalue weighted by molar-refractivity contribution is 0.470. The van der Waals surface area contributed by atoms with E-state index < -0.39 is 0 Å². The van der Waals surface area contributed by atoms with E-state index in [4.69, 9.17) is 0 Å². The number of pyridine rings is 1. The van der Waals surface area contributed by atoms with E-state index in [1.165, 1.54) is 12.3 Å². The van der Waals surface area contributed by atoms with Crippen LogP contribution in [0.5, 0.6) is 5.75 Å². The number of halogens is 1. The van der Waals surface area contributed by atoms with Crippen molar-refractivity contribution in [2.45, 2.75) is 26.8 Å². The quantitative estimate of drug-likeness (QED) is 0.827. The summed E-state index contributed by atoms with van der Waals surface area (Å²) in [5.74, 6) is -0.0526. The SMILES string of the molecule is Cc1cc(NC(C)c2ccc(F)cn2)c(C)cc1O. The molecule has 4 heteroatoms. The number of aromatic hydroxyl groups is 1. The molecule has 1 heterocycles. The van der Waals surface area contributed by atoms with Crippen molar-refractivity contribution in [1.29, 1.82) is 0 Å². The highest BCUT2D eigenvalue weighted by Crippen LogP contribution is 2.27. The van der Waals surface area contributed by atoms with Gasteiger partial charge in [-0.25, -0.2) is 4.39 Å². The van der Waals surface area contributed by atoms with Crippen molar-refractivity contribution in [3.63, 3.8) is 0 Å². The highest BCUT2D eigenvalue weighted by molar-refractivity contribution is 5.57. The Labute approximate surface area is 112 Å². The van der Waals surface area contributed by atoms with Crippen LogP contribution in [0.3, 0.4) is 0 Å². The number of aryl methyl sites for hydroxylation is 2. The van der Waals surface area contributed by atoms with Crippen molar-refractivity contribution in [3.8, 4) is 5.75 Å². The summed E-state index contributed by atoms with van der Waals surface area (Å²) in [4.78, 5) is 4.06. The summed E-state index contributed by atoms with van der Waals surface area (Å²) in [5.41, 5.74) is 3.48. The summed E-state index contributed by atoms with van der Waals surface area (Å²) >= 11 is 0. The van der Waals surface area contributed by atoms with Gasteiger partial charge < -0.3 is 10.4 Å². The minimum Gasteiger partial charge on any atom is -0.508 e. The van der Waals surface area contributed by atoms with E-state index in [-0.39, 0.29) is 17.6 Å². The summed E-state index contributed by atoms with van der Waals surface area (Å²) in [7, 11) is 0. The minimum absolute atomic E-state index is 0.0387. The van der Waals surface area contributed by atoms with Crippen LogP contribution in [-0.4, -0.2) is 10.1 Å². The van der Waals surface area contributed by atoms with Crippen molar-refractivity contribution in [2.75, 3.05) is 5.32 Å². The second-order valence-corrected chi connectivity index (χ2v) is 4.72. The zero-order valence-corrected chi connectivity index (χ0v) is 11.2. The Morgan fingerprint density at radius 1 is 1.21 bits per heavy atom. The summed E-state index contributed by atoms with van der Waals surface area (Å²) in [6.45, 7) is 5.73. The van der Waals surface area contributed by atoms with Gasteiger partial charge in [-0.2, -0.15) is 0 Å². The van der Waals surface area contributed by atoms with Crippen LogP contribution in [0, 0.1) is 19.7 Å². The van der Waals surface area contributed by atoms with Crippen LogP contribution in [0.2, 0.25) is 0 Å². The number of phenols is 1. The molecule has 100 valence electrons. The Morgan fingerprint density at radius 2 is 1.95 bits per heavy atom. The van der Waals surface area contributed by atoms with Gasteiger partial charge in [0.15, 0.2) is 0 Å². The fourth-order valence-corrected chi connectivity index (χ4v) is 1.91. The number of nitrogens with zero attached hydrogens (tertiary/aromatic N) is 1. The molecule has 19 heavy (non-hydrogen) atoms. The van der Waals surface area contributed by atoms with E-state index in [2.05, 4.69) is 10.3 Å². The molecule has 2 aromatic rings. The molecule has 0 bridgehead atoms. The standard InChI is InChI=1S/C15H17FN2O/c1-9-7-15(19)10(2)6-14(9)18-11(3)13-5-4-12(16)8-17-13/h4-8,11,18-19H,1-3H3. The zero-order chi connectivity index (χ0) is 14.0. The fourth-order valence-electron chi connectivity index (χ4n) is 1.91. The molecule has 0 aliphatic rings. The van der Waals surface area contributed by atoms with E-state index in [9.17, 15) is 9.50 Å². The first kappa shape index (κ1) is 13.3. The molecule has 2 rings (SSSR count). The average Bonchev–Trinajstić information content (AvgIpc) is 2.36. The number of anilines is 1. The number of hydrogen-bond donors (Lipinski definition) is 2. The minimum atomic E-state index is -0.340. The maximum Gasteiger partial charge on any atom is 0.141 e. The van der Waals surface area contributed by atoms with E-state index in [0.717, 1.165) is 22.5 Å². The molecule has 1 unspecified atom stereocenters. The second kappa shape index (κ2) is 5.26. The normalized spacial score (nSPS) is 12.2. The Balaban J connectivity index is 2.21. The number of phenolic OH excluding ortho intramolecular Hbond substituents is 1. The highest BCUT2D eigenvalue weighted by atomic mass is 19.1. The predicted molar refractivity (Wildman–Crippen MR) is 73.8 cm³/mol. The predicted octanol–water partition coefficient (Wildman–Crippen LogP) is 3.72. The molecule has 1 aromatic heterocycles. The van der Waals surface area contributed by atoms with Crippen LogP contribution in [0.4, 0.5) is 10.1 Å². The molecule has 0 saturated carbocycles. The number of hydrogen-bond acceptors (Lipinski definition) is 3. The molecule has 3 nitrogen and oxygen atoms in total. The van der Waals surface area contributed by atoms with Crippen LogP contribution in [0.25, 0.3) is 0 Å². The third-order valence-electron chi connectivity index (χ3n) is 3.11. The van der Waals surface area contributed by atoms with Gasteiger partial charge in [-0.15, -0.1) is 0 Å². The Morgan fingerprint density at radius 3 is 2.58 bits per heavy atom. The van der Waals surface area contributed by atoms with E-state index >= 15 is 0 Å². The Kier molecular flexibility index (Phi) is 3.69. The van der Waals surface area contributed by atoms with Crippen molar-refractivity contribution in [3.05, 3.63) is 53.1 Å². The summed E-state index contributed by atoms with van der Waals surface area (Å²) < 4.78 is 12.8. The summed E-state index contributed by atoms with van der Waals surface area (Å²) in [6.07, 6.45) is 1.21. The van der Waals surface area contributed by atoms with Crippen LogP contribution in [0.15, 0.2) is 30.5 Å². The summed E-state index contributed by atoms with van der Waals surface area (Å²) in [5, 5.41) is 12.9. The average molecular weight is 260 g/mol. The number of rotatable bonds is 3. The number of benzene rings is 1. The Bertz CT molecular complexity index is 581. The lowest BCUT2D eigenvalue weighted by atomic mass is 10.1. The monoisotopic (exact) mass is 260 g/mol. The maximum absolute atomic E-state index is 12.8. The number of aromatic nitrogens is 1. The van der Waals surface area contributed by atoms with Crippen molar-refractivity contribution in [1.82, 2.24) is 4.98 Å². The van der Waals surface area contributed by atoms with E-state index in [0.29, 0.717) is 0 Å². The van der Waals surface area contributed by atoms with Crippen LogP contribution >= 0.6 is 0 Å². The number of nitrogens with one attached hydrogen (secondary N) is 1. The lowest BCUT2D eigenvalue weighted by Gasteiger charge is -2.17. The molecule has 0 radical (unpaired) electrons. The lowest BCUT2D eigenvalue weighted by Crippen LogP contribution is -2.09. The molecule has 0 aliphatic heterocycles. The smallest absolute Gasteiger partial charge is 0.141 e. The Hall–Kier alpha value is -2.10. The van der Waals surface area contributed by atoms with Gasteiger partial charge in [0.05, 0.1) is 17.9 Å². The van der Waals surface area contributed by atoms with Gasteiger partial charge in [0.2, 0.25) is 0 Å². The van der Waals surface area contributed by atoms with Gasteiger partial charge in [-0.1, -0.05) is 0 Å². The van der Waals surface area contributed by atoms with E-state index in [1.807, 2.05) is 26.8 Å². The first-order chi connectivity index (χ1) is 8.97. The van der Waals surface area contributed by atoms with Gasteiger partial charge in [-0.3, -0.25) is 4.98 Å². The van der Waals surface area contributed by atoms with Crippen molar-refractivity contribution in [2.24, 2.45) is 0 Å². The molecule has 0 saturated heterocycles. The highest BCUT2D eigenvalue weighted by Gasteiger charge is 2.10. The molecule has 0 aliphatic carbocycles. The molecule has 1 aromatic carbocycles.